The van der Waals surface area contributed by atoms with E-state index in [1.54, 1.807) is 0 Å². The molecule has 0 aliphatic carbocycles. The quantitative estimate of drug-likeness (QED) is 0.864. The van der Waals surface area contributed by atoms with Crippen LogP contribution < -0.4 is 5.32 Å². The molecule has 1 N–H and O–H groups in total. The maximum atomic E-state index is 6.19. The molecule has 0 spiro atoms. The molecule has 1 aromatic rings. The summed E-state index contributed by atoms with van der Waals surface area (Å²) < 4.78 is 0. The standard InChI is InChI=1S/C14H21ClN4/c1-3-12-17-13(15)9(2)14(18-12)16-11-8-19-6-4-10(11)5-7-19/h10-11H,3-8H2,1-2H3,(H,16,17,18). The number of piperidine rings is 3. The molecule has 4 nitrogen and oxygen atoms in total. The smallest absolute Gasteiger partial charge is 0.137 e. The molecule has 0 radical (unpaired) electrons. The summed E-state index contributed by atoms with van der Waals surface area (Å²) in [5.41, 5.74) is 0.968. The highest BCUT2D eigenvalue weighted by atomic mass is 35.5. The van der Waals surface area contributed by atoms with Crippen LogP contribution in [0.3, 0.4) is 0 Å². The largest absolute Gasteiger partial charge is 0.365 e. The molecule has 3 fully saturated rings. The second-order valence-electron chi connectivity index (χ2n) is 5.65. The van der Waals surface area contributed by atoms with E-state index >= 15 is 0 Å². The minimum absolute atomic E-state index is 0.511. The summed E-state index contributed by atoms with van der Waals surface area (Å²) >= 11 is 6.19. The third-order valence-electron chi connectivity index (χ3n) is 4.43. The van der Waals surface area contributed by atoms with Crippen LogP contribution in [0.5, 0.6) is 0 Å². The van der Waals surface area contributed by atoms with Gasteiger partial charge in [0.15, 0.2) is 0 Å². The number of hydrogen-bond donors (Lipinski definition) is 1. The molecule has 0 saturated carbocycles. The minimum Gasteiger partial charge on any atom is -0.365 e. The fourth-order valence-corrected chi connectivity index (χ4v) is 3.32. The number of fused-ring (bicyclic) bond motifs is 3. The molecule has 3 saturated heterocycles. The molecule has 0 amide bonds. The van der Waals surface area contributed by atoms with E-state index in [9.17, 15) is 0 Å². The fourth-order valence-electron chi connectivity index (χ4n) is 3.14. The number of hydrogen-bond acceptors (Lipinski definition) is 4. The number of aryl methyl sites for hydroxylation is 1. The predicted molar refractivity (Wildman–Crippen MR) is 77.7 cm³/mol. The lowest BCUT2D eigenvalue weighted by atomic mass is 9.84. The van der Waals surface area contributed by atoms with Crippen molar-refractivity contribution in [2.24, 2.45) is 5.92 Å². The molecule has 4 rings (SSSR count). The van der Waals surface area contributed by atoms with E-state index in [1.807, 2.05) is 6.92 Å². The van der Waals surface area contributed by atoms with Gasteiger partial charge < -0.3 is 10.2 Å². The summed E-state index contributed by atoms with van der Waals surface area (Å²) in [7, 11) is 0. The predicted octanol–water partition coefficient (Wildman–Crippen LogP) is 2.51. The van der Waals surface area contributed by atoms with Crippen LogP contribution in [0.15, 0.2) is 0 Å². The normalized spacial score (nSPS) is 29.5. The van der Waals surface area contributed by atoms with Crippen LogP contribution in [0.1, 0.15) is 31.2 Å². The third-order valence-corrected chi connectivity index (χ3v) is 4.80. The van der Waals surface area contributed by atoms with E-state index in [2.05, 4.69) is 27.1 Å². The lowest BCUT2D eigenvalue weighted by Gasteiger charge is -2.45. The van der Waals surface area contributed by atoms with E-state index in [4.69, 9.17) is 11.6 Å². The number of anilines is 1. The summed E-state index contributed by atoms with van der Waals surface area (Å²) in [4.78, 5) is 11.4. The van der Waals surface area contributed by atoms with Crippen LogP contribution in [-0.4, -0.2) is 40.5 Å². The average molecular weight is 281 g/mol. The second-order valence-corrected chi connectivity index (χ2v) is 6.00. The first-order chi connectivity index (χ1) is 9.17. The van der Waals surface area contributed by atoms with Crippen molar-refractivity contribution >= 4 is 17.4 Å². The molecular weight excluding hydrogens is 260 g/mol. The second kappa shape index (κ2) is 5.25. The van der Waals surface area contributed by atoms with Crippen LogP contribution in [0, 0.1) is 12.8 Å². The molecule has 1 aromatic heterocycles. The Balaban J connectivity index is 1.81. The van der Waals surface area contributed by atoms with Crippen LogP contribution in [0.4, 0.5) is 5.82 Å². The highest BCUT2D eigenvalue weighted by Crippen LogP contribution is 2.30. The van der Waals surface area contributed by atoms with E-state index < -0.39 is 0 Å². The zero-order valence-corrected chi connectivity index (χ0v) is 12.4. The Morgan fingerprint density at radius 3 is 2.63 bits per heavy atom. The molecule has 1 unspecified atom stereocenters. The molecule has 104 valence electrons. The molecular formula is C14H21ClN4. The zero-order chi connectivity index (χ0) is 13.4. The van der Waals surface area contributed by atoms with Crippen molar-refractivity contribution < 1.29 is 0 Å². The molecule has 3 aliphatic rings. The lowest BCUT2D eigenvalue weighted by Crippen LogP contribution is -2.53. The van der Waals surface area contributed by atoms with Crippen molar-refractivity contribution in [1.82, 2.24) is 14.9 Å². The van der Waals surface area contributed by atoms with Crippen molar-refractivity contribution in [2.75, 3.05) is 25.0 Å². The molecule has 0 aromatic carbocycles. The van der Waals surface area contributed by atoms with Crippen molar-refractivity contribution in [3.05, 3.63) is 16.5 Å². The summed E-state index contributed by atoms with van der Waals surface area (Å²) in [6, 6.07) is 0.511. The molecule has 1 atom stereocenters. The molecule has 2 bridgehead atoms. The van der Waals surface area contributed by atoms with Crippen molar-refractivity contribution in [2.45, 2.75) is 39.2 Å². The number of nitrogens with zero attached hydrogens (tertiary/aromatic N) is 3. The van der Waals surface area contributed by atoms with Gasteiger partial charge >= 0.3 is 0 Å². The first-order valence-electron chi connectivity index (χ1n) is 7.19. The van der Waals surface area contributed by atoms with Crippen molar-refractivity contribution in [1.29, 1.82) is 0 Å². The average Bonchev–Trinajstić information content (AvgIpc) is 2.45. The maximum absolute atomic E-state index is 6.19. The van der Waals surface area contributed by atoms with Crippen molar-refractivity contribution in [3.8, 4) is 0 Å². The summed E-state index contributed by atoms with van der Waals surface area (Å²) in [6.45, 7) is 7.69. The Morgan fingerprint density at radius 2 is 2.05 bits per heavy atom. The van der Waals surface area contributed by atoms with Crippen LogP contribution in [-0.2, 0) is 6.42 Å². The lowest BCUT2D eigenvalue weighted by molar-refractivity contribution is 0.0973. The third kappa shape index (κ3) is 2.56. The summed E-state index contributed by atoms with van der Waals surface area (Å²) in [6.07, 6.45) is 3.42. The highest BCUT2D eigenvalue weighted by Gasteiger charge is 2.34. The Morgan fingerprint density at radius 1 is 1.32 bits per heavy atom. The Bertz CT molecular complexity index is 469. The minimum atomic E-state index is 0.511. The Hall–Kier alpha value is -0.870. The van der Waals surface area contributed by atoms with E-state index in [0.717, 1.165) is 36.1 Å². The van der Waals surface area contributed by atoms with Gasteiger partial charge in [-0.2, -0.15) is 0 Å². The Labute approximate surface area is 119 Å². The summed E-state index contributed by atoms with van der Waals surface area (Å²) in [5.74, 6) is 2.53. The maximum Gasteiger partial charge on any atom is 0.137 e. The molecule has 4 heterocycles. The highest BCUT2D eigenvalue weighted by molar-refractivity contribution is 6.30. The van der Waals surface area contributed by atoms with Gasteiger partial charge in [0.05, 0.1) is 0 Å². The van der Waals surface area contributed by atoms with E-state index in [0.29, 0.717) is 11.2 Å². The van der Waals surface area contributed by atoms with Crippen LogP contribution >= 0.6 is 11.6 Å². The topological polar surface area (TPSA) is 41.1 Å². The SMILES string of the molecule is CCc1nc(Cl)c(C)c(NC2CN3CCC2CC3)n1. The number of aromatic nitrogens is 2. The number of halogens is 1. The monoisotopic (exact) mass is 280 g/mol. The first kappa shape index (κ1) is 13.1. The van der Waals surface area contributed by atoms with Gasteiger partial charge in [0.25, 0.3) is 0 Å². The summed E-state index contributed by atoms with van der Waals surface area (Å²) in [5, 5.41) is 4.20. The molecule has 5 heteroatoms. The van der Waals surface area contributed by atoms with Crippen LogP contribution in [0.25, 0.3) is 0 Å². The van der Waals surface area contributed by atoms with Crippen LogP contribution in [0.2, 0.25) is 5.15 Å². The number of nitrogens with one attached hydrogen (secondary N) is 1. The van der Waals surface area contributed by atoms with Gasteiger partial charge in [0.2, 0.25) is 0 Å². The van der Waals surface area contributed by atoms with E-state index in [-0.39, 0.29) is 0 Å². The van der Waals surface area contributed by atoms with Gasteiger partial charge in [-0.15, -0.1) is 0 Å². The zero-order valence-electron chi connectivity index (χ0n) is 11.6. The van der Waals surface area contributed by atoms with Gasteiger partial charge in [0.1, 0.15) is 16.8 Å². The van der Waals surface area contributed by atoms with E-state index in [1.165, 1.54) is 25.9 Å². The Kier molecular flexibility index (Phi) is 3.63. The van der Waals surface area contributed by atoms with Gasteiger partial charge in [-0.25, -0.2) is 9.97 Å². The number of rotatable bonds is 3. The molecule has 3 aliphatic heterocycles. The van der Waals surface area contributed by atoms with Crippen molar-refractivity contribution in [3.63, 3.8) is 0 Å². The van der Waals surface area contributed by atoms with Gasteiger partial charge in [-0.05, 0) is 38.8 Å². The first-order valence-corrected chi connectivity index (χ1v) is 7.57. The van der Waals surface area contributed by atoms with Gasteiger partial charge in [0, 0.05) is 24.6 Å². The molecule has 19 heavy (non-hydrogen) atoms. The van der Waals surface area contributed by atoms with Gasteiger partial charge in [-0.3, -0.25) is 0 Å². The van der Waals surface area contributed by atoms with Gasteiger partial charge in [-0.1, -0.05) is 18.5 Å². The fraction of sp³-hybridized carbons (Fsp3) is 0.714.